The van der Waals surface area contributed by atoms with Gasteiger partial charge < -0.3 is 5.73 Å². The zero-order valence-corrected chi connectivity index (χ0v) is 10.4. The van der Waals surface area contributed by atoms with Crippen LogP contribution in [-0.2, 0) is 12.7 Å². The average Bonchev–Trinajstić information content (AvgIpc) is 2.73. The molecule has 0 radical (unpaired) electrons. The number of nitrogens with two attached hydrogens (primary N) is 1. The Morgan fingerprint density at radius 3 is 2.56 bits per heavy atom. The standard InChI is InChI=1S/C12H11F3N2S/c1-7-11(18-6-17-7)9-3-2-8(5-16)4-10(9)12(13,14)15/h2-4,6H,5,16H2,1H3. The van der Waals surface area contributed by atoms with Crippen molar-refractivity contribution in [2.24, 2.45) is 5.73 Å². The van der Waals surface area contributed by atoms with Crippen molar-refractivity contribution in [3.05, 3.63) is 40.5 Å². The molecule has 0 fully saturated rings. The second-order valence-electron chi connectivity index (χ2n) is 3.85. The third kappa shape index (κ3) is 2.39. The molecule has 0 spiro atoms. The number of aryl methyl sites for hydroxylation is 1. The molecule has 96 valence electrons. The van der Waals surface area contributed by atoms with E-state index in [0.29, 0.717) is 16.1 Å². The number of rotatable bonds is 2. The molecule has 0 aliphatic rings. The fourth-order valence-electron chi connectivity index (χ4n) is 1.71. The van der Waals surface area contributed by atoms with Crippen molar-refractivity contribution in [1.82, 2.24) is 4.98 Å². The summed E-state index contributed by atoms with van der Waals surface area (Å²) in [4.78, 5) is 4.53. The van der Waals surface area contributed by atoms with Crippen molar-refractivity contribution in [3.63, 3.8) is 0 Å². The molecular formula is C12H11F3N2S. The third-order valence-corrected chi connectivity index (χ3v) is 3.58. The molecule has 0 amide bonds. The van der Waals surface area contributed by atoms with Gasteiger partial charge in [-0.3, -0.25) is 0 Å². The number of halogens is 3. The van der Waals surface area contributed by atoms with Crippen LogP contribution >= 0.6 is 11.3 Å². The van der Waals surface area contributed by atoms with Gasteiger partial charge in [0, 0.05) is 12.1 Å². The Hall–Kier alpha value is -1.40. The van der Waals surface area contributed by atoms with E-state index < -0.39 is 11.7 Å². The molecule has 0 saturated heterocycles. The molecule has 2 rings (SSSR count). The lowest BCUT2D eigenvalue weighted by Gasteiger charge is -2.13. The van der Waals surface area contributed by atoms with Gasteiger partial charge in [0.1, 0.15) is 0 Å². The van der Waals surface area contributed by atoms with Crippen molar-refractivity contribution < 1.29 is 13.2 Å². The smallest absolute Gasteiger partial charge is 0.326 e. The van der Waals surface area contributed by atoms with Crippen LogP contribution in [0.2, 0.25) is 0 Å². The summed E-state index contributed by atoms with van der Waals surface area (Å²) < 4.78 is 39.1. The minimum absolute atomic E-state index is 0.0883. The van der Waals surface area contributed by atoms with E-state index in [1.165, 1.54) is 17.4 Å². The summed E-state index contributed by atoms with van der Waals surface area (Å²) in [5.41, 5.74) is 7.51. The highest BCUT2D eigenvalue weighted by Crippen LogP contribution is 2.39. The summed E-state index contributed by atoms with van der Waals surface area (Å²) in [5.74, 6) is 0. The normalized spacial score (nSPS) is 11.8. The lowest BCUT2D eigenvalue weighted by Crippen LogP contribution is -2.09. The van der Waals surface area contributed by atoms with Gasteiger partial charge in [-0.15, -0.1) is 11.3 Å². The van der Waals surface area contributed by atoms with Gasteiger partial charge in [0.05, 0.1) is 21.6 Å². The number of nitrogens with zero attached hydrogens (tertiary/aromatic N) is 1. The molecule has 1 aromatic carbocycles. The molecule has 1 heterocycles. The molecule has 2 nitrogen and oxygen atoms in total. The Morgan fingerprint density at radius 2 is 2.06 bits per heavy atom. The van der Waals surface area contributed by atoms with Crippen LogP contribution in [-0.4, -0.2) is 4.98 Å². The Bertz CT molecular complexity index is 561. The Balaban J connectivity index is 2.64. The molecule has 0 saturated carbocycles. The second kappa shape index (κ2) is 4.70. The van der Waals surface area contributed by atoms with Crippen LogP contribution in [0.1, 0.15) is 16.8 Å². The topological polar surface area (TPSA) is 38.9 Å². The highest BCUT2D eigenvalue weighted by atomic mass is 32.1. The molecule has 0 aliphatic carbocycles. The van der Waals surface area contributed by atoms with E-state index >= 15 is 0 Å². The Labute approximate surface area is 106 Å². The van der Waals surface area contributed by atoms with Crippen molar-refractivity contribution in [2.75, 3.05) is 0 Å². The zero-order chi connectivity index (χ0) is 13.3. The molecular weight excluding hydrogens is 261 g/mol. The second-order valence-corrected chi connectivity index (χ2v) is 4.70. The molecule has 6 heteroatoms. The maximum absolute atomic E-state index is 13.0. The van der Waals surface area contributed by atoms with E-state index in [9.17, 15) is 13.2 Å². The van der Waals surface area contributed by atoms with E-state index in [1.54, 1.807) is 18.5 Å². The van der Waals surface area contributed by atoms with Gasteiger partial charge in [-0.25, -0.2) is 4.98 Å². The average molecular weight is 272 g/mol. The van der Waals surface area contributed by atoms with Gasteiger partial charge in [0.25, 0.3) is 0 Å². The van der Waals surface area contributed by atoms with Crippen molar-refractivity contribution >= 4 is 11.3 Å². The molecule has 0 atom stereocenters. The summed E-state index contributed by atoms with van der Waals surface area (Å²) in [6.45, 7) is 1.79. The number of aromatic nitrogens is 1. The maximum atomic E-state index is 13.0. The van der Waals surface area contributed by atoms with E-state index in [2.05, 4.69) is 4.98 Å². The van der Waals surface area contributed by atoms with Crippen LogP contribution in [0.4, 0.5) is 13.2 Å². The van der Waals surface area contributed by atoms with E-state index in [1.807, 2.05) is 0 Å². The first kappa shape index (κ1) is 13.0. The number of alkyl halides is 3. The van der Waals surface area contributed by atoms with E-state index in [-0.39, 0.29) is 12.1 Å². The van der Waals surface area contributed by atoms with Crippen LogP contribution in [0.5, 0.6) is 0 Å². The highest BCUT2D eigenvalue weighted by molar-refractivity contribution is 7.13. The molecule has 18 heavy (non-hydrogen) atoms. The van der Waals surface area contributed by atoms with Gasteiger partial charge in [-0.1, -0.05) is 12.1 Å². The summed E-state index contributed by atoms with van der Waals surface area (Å²) >= 11 is 1.20. The lowest BCUT2D eigenvalue weighted by atomic mass is 10.0. The lowest BCUT2D eigenvalue weighted by molar-refractivity contribution is -0.137. The Morgan fingerprint density at radius 1 is 1.33 bits per heavy atom. The Kier molecular flexibility index (Phi) is 3.41. The van der Waals surface area contributed by atoms with Gasteiger partial charge in [0.15, 0.2) is 0 Å². The minimum atomic E-state index is -4.39. The van der Waals surface area contributed by atoms with Gasteiger partial charge in [-0.05, 0) is 18.6 Å². The van der Waals surface area contributed by atoms with Gasteiger partial charge in [0.2, 0.25) is 0 Å². The molecule has 0 unspecified atom stereocenters. The van der Waals surface area contributed by atoms with E-state index in [4.69, 9.17) is 5.73 Å². The largest absolute Gasteiger partial charge is 0.417 e. The van der Waals surface area contributed by atoms with Crippen LogP contribution in [0.15, 0.2) is 23.7 Å². The number of hydrogen-bond acceptors (Lipinski definition) is 3. The first-order chi connectivity index (χ1) is 8.43. The molecule has 1 aromatic heterocycles. The molecule has 0 aliphatic heterocycles. The first-order valence-electron chi connectivity index (χ1n) is 5.24. The molecule has 2 N–H and O–H groups in total. The highest BCUT2D eigenvalue weighted by Gasteiger charge is 2.34. The van der Waals surface area contributed by atoms with Crippen LogP contribution in [0.25, 0.3) is 10.4 Å². The fraction of sp³-hybridized carbons (Fsp3) is 0.250. The van der Waals surface area contributed by atoms with Crippen LogP contribution in [0.3, 0.4) is 0 Å². The third-order valence-electron chi connectivity index (χ3n) is 2.62. The van der Waals surface area contributed by atoms with Gasteiger partial charge >= 0.3 is 6.18 Å². The number of hydrogen-bond donors (Lipinski definition) is 1. The molecule has 0 bridgehead atoms. The summed E-state index contributed by atoms with van der Waals surface area (Å²) in [7, 11) is 0. The summed E-state index contributed by atoms with van der Waals surface area (Å²) in [6, 6.07) is 4.18. The van der Waals surface area contributed by atoms with Crippen LogP contribution < -0.4 is 5.73 Å². The number of thiazole rings is 1. The van der Waals surface area contributed by atoms with Gasteiger partial charge in [-0.2, -0.15) is 13.2 Å². The molecule has 2 aromatic rings. The number of benzene rings is 1. The van der Waals surface area contributed by atoms with E-state index in [0.717, 1.165) is 6.07 Å². The summed E-state index contributed by atoms with van der Waals surface area (Å²) in [5, 5.41) is 0. The summed E-state index contributed by atoms with van der Waals surface area (Å²) in [6.07, 6.45) is -4.39. The maximum Gasteiger partial charge on any atom is 0.417 e. The monoisotopic (exact) mass is 272 g/mol. The zero-order valence-electron chi connectivity index (χ0n) is 9.58. The SMILES string of the molecule is Cc1ncsc1-c1ccc(CN)cc1C(F)(F)F. The quantitative estimate of drug-likeness (QED) is 0.907. The van der Waals surface area contributed by atoms with Crippen LogP contribution in [0, 0.1) is 6.92 Å². The first-order valence-corrected chi connectivity index (χ1v) is 6.12. The van der Waals surface area contributed by atoms with Crippen molar-refractivity contribution in [3.8, 4) is 10.4 Å². The minimum Gasteiger partial charge on any atom is -0.326 e. The van der Waals surface area contributed by atoms with Crippen molar-refractivity contribution in [1.29, 1.82) is 0 Å². The predicted molar refractivity (Wildman–Crippen MR) is 65.2 cm³/mol. The predicted octanol–water partition coefficient (Wildman–Crippen LogP) is 3.60. The van der Waals surface area contributed by atoms with Crippen molar-refractivity contribution in [2.45, 2.75) is 19.6 Å². The fourth-order valence-corrected chi connectivity index (χ4v) is 2.56.